The number of amides is 1. The topological polar surface area (TPSA) is 101 Å². The molecular formula is C10H17N3O3S2. The minimum absolute atomic E-state index is 0.00705. The Bertz CT molecular complexity index is 510. The molecule has 1 heterocycles. The quantitative estimate of drug-likeness (QED) is 0.693. The SMILES string of the molecule is CCN[C@H](C)CNC(=O)c1csc(S(N)(=O)=O)c1. The Kier molecular flexibility index (Phi) is 5.27. The molecule has 1 amide bonds. The minimum Gasteiger partial charge on any atom is -0.350 e. The maximum absolute atomic E-state index is 11.7. The van der Waals surface area contributed by atoms with E-state index < -0.39 is 10.0 Å². The van der Waals surface area contributed by atoms with Crippen LogP contribution in [0.4, 0.5) is 0 Å². The molecule has 0 bridgehead atoms. The Labute approximate surface area is 111 Å². The Balaban J connectivity index is 2.60. The fourth-order valence-corrected chi connectivity index (χ4v) is 2.94. The molecule has 0 aliphatic rings. The number of nitrogens with two attached hydrogens (primary N) is 1. The number of rotatable bonds is 6. The van der Waals surface area contributed by atoms with Crippen molar-refractivity contribution in [1.29, 1.82) is 0 Å². The van der Waals surface area contributed by atoms with Gasteiger partial charge in [-0.3, -0.25) is 4.79 Å². The molecule has 8 heteroatoms. The number of carbonyl (C=O) groups excluding carboxylic acids is 1. The molecule has 0 unspecified atom stereocenters. The maximum atomic E-state index is 11.7. The highest BCUT2D eigenvalue weighted by Gasteiger charge is 2.15. The van der Waals surface area contributed by atoms with Crippen molar-refractivity contribution in [2.75, 3.05) is 13.1 Å². The standard InChI is InChI=1S/C10H17N3O3S2/c1-3-12-7(2)5-13-10(14)8-4-9(17-6-8)18(11,15)16/h4,6-7,12H,3,5H2,1-2H3,(H,13,14)(H2,11,15,16)/t7-/m1/s1. The predicted molar refractivity (Wildman–Crippen MR) is 71.2 cm³/mol. The number of sulfonamides is 1. The van der Waals surface area contributed by atoms with Gasteiger partial charge in [-0.2, -0.15) is 0 Å². The van der Waals surface area contributed by atoms with Gasteiger partial charge in [0, 0.05) is 18.0 Å². The van der Waals surface area contributed by atoms with Crippen molar-refractivity contribution in [2.45, 2.75) is 24.1 Å². The average molecular weight is 291 g/mol. The van der Waals surface area contributed by atoms with Gasteiger partial charge in [0.15, 0.2) is 0 Å². The number of carbonyl (C=O) groups is 1. The van der Waals surface area contributed by atoms with E-state index in [0.717, 1.165) is 17.9 Å². The first kappa shape index (κ1) is 15.1. The third kappa shape index (κ3) is 4.37. The monoisotopic (exact) mass is 291 g/mol. The van der Waals surface area contributed by atoms with Gasteiger partial charge >= 0.3 is 0 Å². The van der Waals surface area contributed by atoms with E-state index in [2.05, 4.69) is 10.6 Å². The normalized spacial score (nSPS) is 13.3. The van der Waals surface area contributed by atoms with Gasteiger partial charge in [-0.05, 0) is 19.5 Å². The lowest BCUT2D eigenvalue weighted by Gasteiger charge is -2.12. The van der Waals surface area contributed by atoms with E-state index in [9.17, 15) is 13.2 Å². The summed E-state index contributed by atoms with van der Waals surface area (Å²) in [6.45, 7) is 5.24. The summed E-state index contributed by atoms with van der Waals surface area (Å²) in [7, 11) is -3.73. The van der Waals surface area contributed by atoms with Crippen molar-refractivity contribution in [3.63, 3.8) is 0 Å². The Morgan fingerprint density at radius 3 is 2.72 bits per heavy atom. The van der Waals surface area contributed by atoms with Crippen molar-refractivity contribution in [1.82, 2.24) is 10.6 Å². The summed E-state index contributed by atoms with van der Waals surface area (Å²) in [6, 6.07) is 1.45. The fraction of sp³-hybridized carbons (Fsp3) is 0.500. The molecule has 0 aliphatic heterocycles. The van der Waals surface area contributed by atoms with Gasteiger partial charge in [0.1, 0.15) is 4.21 Å². The molecule has 0 spiro atoms. The van der Waals surface area contributed by atoms with Crippen molar-refractivity contribution >= 4 is 27.3 Å². The largest absolute Gasteiger partial charge is 0.350 e. The van der Waals surface area contributed by atoms with E-state index in [-0.39, 0.29) is 16.2 Å². The summed E-state index contributed by atoms with van der Waals surface area (Å²) in [5.41, 5.74) is 0.313. The predicted octanol–water partition coefficient (Wildman–Crippen LogP) is 0.123. The highest BCUT2D eigenvalue weighted by atomic mass is 32.2. The summed E-state index contributed by atoms with van der Waals surface area (Å²) in [5.74, 6) is -0.300. The van der Waals surface area contributed by atoms with Crippen LogP contribution in [0, 0.1) is 0 Å². The van der Waals surface area contributed by atoms with E-state index in [1.54, 1.807) is 0 Å². The van der Waals surface area contributed by atoms with Gasteiger partial charge in [-0.15, -0.1) is 11.3 Å². The highest BCUT2D eigenvalue weighted by Crippen LogP contribution is 2.18. The van der Waals surface area contributed by atoms with Crippen LogP contribution in [0.25, 0.3) is 0 Å². The molecule has 1 atom stereocenters. The van der Waals surface area contributed by atoms with Crippen LogP contribution >= 0.6 is 11.3 Å². The van der Waals surface area contributed by atoms with Gasteiger partial charge in [0.25, 0.3) is 5.91 Å². The molecular weight excluding hydrogens is 274 g/mol. The van der Waals surface area contributed by atoms with E-state index in [1.807, 2.05) is 13.8 Å². The zero-order valence-electron chi connectivity index (χ0n) is 10.3. The van der Waals surface area contributed by atoms with E-state index >= 15 is 0 Å². The summed E-state index contributed by atoms with van der Waals surface area (Å²) in [5, 5.41) is 12.3. The van der Waals surface area contributed by atoms with E-state index in [4.69, 9.17) is 5.14 Å². The van der Waals surface area contributed by atoms with Crippen LogP contribution in [0.5, 0.6) is 0 Å². The van der Waals surface area contributed by atoms with Gasteiger partial charge in [-0.25, -0.2) is 13.6 Å². The second kappa shape index (κ2) is 6.28. The number of hydrogen-bond donors (Lipinski definition) is 3. The number of thiophene rings is 1. The molecule has 1 aromatic heterocycles. The first-order chi connectivity index (χ1) is 8.34. The molecule has 4 N–H and O–H groups in total. The van der Waals surface area contributed by atoms with Crippen LogP contribution in [0.2, 0.25) is 0 Å². The van der Waals surface area contributed by atoms with Crippen LogP contribution < -0.4 is 15.8 Å². The zero-order chi connectivity index (χ0) is 13.8. The van der Waals surface area contributed by atoms with E-state index in [0.29, 0.717) is 12.1 Å². The summed E-state index contributed by atoms with van der Waals surface area (Å²) in [6.07, 6.45) is 0. The summed E-state index contributed by atoms with van der Waals surface area (Å²) < 4.78 is 22.1. The molecule has 0 saturated heterocycles. The lowest BCUT2D eigenvalue weighted by molar-refractivity contribution is 0.0950. The molecule has 0 aromatic carbocycles. The lowest BCUT2D eigenvalue weighted by atomic mass is 10.3. The zero-order valence-corrected chi connectivity index (χ0v) is 11.9. The molecule has 102 valence electrons. The van der Waals surface area contributed by atoms with Crippen LogP contribution in [-0.4, -0.2) is 33.5 Å². The third-order valence-corrected chi connectivity index (χ3v) is 4.63. The fourth-order valence-electron chi connectivity index (χ4n) is 1.35. The smallest absolute Gasteiger partial charge is 0.252 e. The van der Waals surface area contributed by atoms with Crippen molar-refractivity contribution < 1.29 is 13.2 Å². The van der Waals surface area contributed by atoms with Crippen molar-refractivity contribution in [3.05, 3.63) is 17.0 Å². The van der Waals surface area contributed by atoms with Gasteiger partial charge < -0.3 is 10.6 Å². The van der Waals surface area contributed by atoms with Crippen LogP contribution in [0.1, 0.15) is 24.2 Å². The first-order valence-electron chi connectivity index (χ1n) is 5.47. The Morgan fingerprint density at radius 2 is 2.22 bits per heavy atom. The third-order valence-electron chi connectivity index (χ3n) is 2.24. The number of primary sulfonamides is 1. The Morgan fingerprint density at radius 1 is 1.56 bits per heavy atom. The van der Waals surface area contributed by atoms with Crippen molar-refractivity contribution in [3.8, 4) is 0 Å². The minimum atomic E-state index is -3.73. The second-order valence-electron chi connectivity index (χ2n) is 3.87. The number of nitrogens with one attached hydrogen (secondary N) is 2. The second-order valence-corrected chi connectivity index (χ2v) is 6.57. The van der Waals surface area contributed by atoms with Crippen LogP contribution in [0.3, 0.4) is 0 Å². The molecule has 0 saturated carbocycles. The van der Waals surface area contributed by atoms with Crippen LogP contribution in [0.15, 0.2) is 15.7 Å². The van der Waals surface area contributed by atoms with Gasteiger partial charge in [-0.1, -0.05) is 6.92 Å². The highest BCUT2D eigenvalue weighted by molar-refractivity contribution is 7.91. The molecule has 0 aliphatic carbocycles. The molecule has 0 fully saturated rings. The van der Waals surface area contributed by atoms with Crippen molar-refractivity contribution in [2.24, 2.45) is 5.14 Å². The summed E-state index contributed by atoms with van der Waals surface area (Å²) in [4.78, 5) is 11.7. The summed E-state index contributed by atoms with van der Waals surface area (Å²) >= 11 is 0.940. The van der Waals surface area contributed by atoms with E-state index in [1.165, 1.54) is 11.4 Å². The molecule has 1 rings (SSSR count). The maximum Gasteiger partial charge on any atom is 0.252 e. The van der Waals surface area contributed by atoms with Crippen LogP contribution in [-0.2, 0) is 10.0 Å². The van der Waals surface area contributed by atoms with Gasteiger partial charge in [0.05, 0.1) is 5.56 Å². The molecule has 1 aromatic rings. The molecule has 0 radical (unpaired) electrons. The number of hydrogen-bond acceptors (Lipinski definition) is 5. The first-order valence-corrected chi connectivity index (χ1v) is 7.90. The lowest BCUT2D eigenvalue weighted by Crippen LogP contribution is -2.38. The van der Waals surface area contributed by atoms with Gasteiger partial charge in [0.2, 0.25) is 10.0 Å². The number of likely N-dealkylation sites (N-methyl/N-ethyl adjacent to an activating group) is 1. The molecule has 18 heavy (non-hydrogen) atoms. The molecule has 6 nitrogen and oxygen atoms in total. The Hall–Kier alpha value is -0.960. The average Bonchev–Trinajstić information content (AvgIpc) is 2.75.